The van der Waals surface area contributed by atoms with Crippen LogP contribution in [0.1, 0.15) is 22.3 Å². The third-order valence-corrected chi connectivity index (χ3v) is 3.81. The van der Waals surface area contributed by atoms with Crippen molar-refractivity contribution in [1.29, 1.82) is 0 Å². The molecular weight excluding hydrogens is 278 g/mol. The lowest BCUT2D eigenvalue weighted by atomic mass is 10.1. The Kier molecular flexibility index (Phi) is 4.61. The van der Waals surface area contributed by atoms with Crippen LogP contribution in [0.4, 0.5) is 5.69 Å². The van der Waals surface area contributed by atoms with Crippen molar-refractivity contribution in [1.82, 2.24) is 10.0 Å². The number of rotatable bonds is 6. The maximum atomic E-state index is 11.9. The van der Waals surface area contributed by atoms with E-state index in [2.05, 4.69) is 15.4 Å². The molecule has 1 aliphatic heterocycles. The molecule has 0 spiro atoms. The molecule has 110 valence electrons. The minimum Gasteiger partial charge on any atom is -0.384 e. The first-order valence-corrected chi connectivity index (χ1v) is 8.44. The average Bonchev–Trinajstić information content (AvgIpc) is 2.83. The summed E-state index contributed by atoms with van der Waals surface area (Å²) in [5.41, 5.74) is 2.88. The molecule has 1 aromatic carbocycles. The largest absolute Gasteiger partial charge is 0.384 e. The zero-order chi connectivity index (χ0) is 14.6. The van der Waals surface area contributed by atoms with Crippen LogP contribution in [-0.4, -0.2) is 40.2 Å². The van der Waals surface area contributed by atoms with E-state index in [1.165, 1.54) is 5.56 Å². The molecule has 0 aliphatic carbocycles. The molecule has 0 atom stereocenters. The van der Waals surface area contributed by atoms with Gasteiger partial charge in [0.1, 0.15) is 0 Å². The van der Waals surface area contributed by atoms with E-state index in [-0.39, 0.29) is 5.91 Å². The first-order chi connectivity index (χ1) is 9.46. The molecule has 2 rings (SSSR count). The Bertz CT molecular complexity index is 599. The van der Waals surface area contributed by atoms with Crippen molar-refractivity contribution in [2.24, 2.45) is 0 Å². The highest BCUT2D eigenvalue weighted by Crippen LogP contribution is 2.22. The molecule has 0 aromatic heterocycles. The quantitative estimate of drug-likeness (QED) is 0.660. The summed E-state index contributed by atoms with van der Waals surface area (Å²) in [6, 6.07) is 5.64. The molecule has 0 saturated heterocycles. The maximum absolute atomic E-state index is 11.9. The van der Waals surface area contributed by atoms with E-state index >= 15 is 0 Å². The topological polar surface area (TPSA) is 87.3 Å². The number of hydrogen-bond acceptors (Lipinski definition) is 4. The van der Waals surface area contributed by atoms with Gasteiger partial charge in [0.05, 0.1) is 6.26 Å². The second-order valence-electron chi connectivity index (χ2n) is 4.82. The summed E-state index contributed by atoms with van der Waals surface area (Å²) in [5, 5.41) is 6.01. The Balaban J connectivity index is 1.78. The van der Waals surface area contributed by atoms with Gasteiger partial charge < -0.3 is 10.6 Å². The normalized spacial score (nSPS) is 13.7. The van der Waals surface area contributed by atoms with Gasteiger partial charge in [-0.15, -0.1) is 0 Å². The molecule has 7 heteroatoms. The molecule has 0 bridgehead atoms. The zero-order valence-electron chi connectivity index (χ0n) is 11.4. The summed E-state index contributed by atoms with van der Waals surface area (Å²) in [7, 11) is -3.15. The Morgan fingerprint density at radius 1 is 1.35 bits per heavy atom. The number of carbonyl (C=O) groups is 1. The summed E-state index contributed by atoms with van der Waals surface area (Å²) in [6.45, 7) is 1.67. The van der Waals surface area contributed by atoms with Crippen LogP contribution in [0.3, 0.4) is 0 Å². The summed E-state index contributed by atoms with van der Waals surface area (Å²) >= 11 is 0. The van der Waals surface area contributed by atoms with Gasteiger partial charge in [0.2, 0.25) is 10.0 Å². The fourth-order valence-electron chi connectivity index (χ4n) is 2.08. The van der Waals surface area contributed by atoms with Gasteiger partial charge in [-0.2, -0.15) is 0 Å². The monoisotopic (exact) mass is 297 g/mol. The first-order valence-electron chi connectivity index (χ1n) is 6.55. The lowest BCUT2D eigenvalue weighted by Gasteiger charge is -2.07. The van der Waals surface area contributed by atoms with Gasteiger partial charge in [-0.05, 0) is 30.5 Å². The summed E-state index contributed by atoms with van der Waals surface area (Å²) < 4.78 is 24.1. The Morgan fingerprint density at radius 2 is 2.15 bits per heavy atom. The number of sulfonamides is 1. The van der Waals surface area contributed by atoms with Crippen LogP contribution in [0.2, 0.25) is 0 Å². The molecule has 20 heavy (non-hydrogen) atoms. The third kappa shape index (κ3) is 4.21. The van der Waals surface area contributed by atoms with Crippen molar-refractivity contribution in [2.45, 2.75) is 12.8 Å². The number of amides is 1. The average molecular weight is 297 g/mol. The Hall–Kier alpha value is -1.60. The third-order valence-electron chi connectivity index (χ3n) is 3.09. The van der Waals surface area contributed by atoms with Crippen LogP contribution in [-0.2, 0) is 16.4 Å². The fourth-order valence-corrected chi connectivity index (χ4v) is 2.60. The minimum absolute atomic E-state index is 0.138. The standard InChI is InChI=1S/C13H19N3O3S/c1-20(18,19)16-7-2-6-15-13(17)11-4-3-10-5-8-14-12(10)9-11/h3-4,9,14,16H,2,5-8H2,1H3,(H,15,17). The summed E-state index contributed by atoms with van der Waals surface area (Å²) in [5.74, 6) is -0.138. The Morgan fingerprint density at radius 3 is 2.90 bits per heavy atom. The van der Waals surface area contributed by atoms with Crippen LogP contribution in [0.25, 0.3) is 0 Å². The van der Waals surface area contributed by atoms with Crippen LogP contribution < -0.4 is 15.4 Å². The summed E-state index contributed by atoms with van der Waals surface area (Å²) in [6.07, 6.45) is 2.67. The fraction of sp³-hybridized carbons (Fsp3) is 0.462. The van der Waals surface area contributed by atoms with Crippen molar-refractivity contribution >= 4 is 21.6 Å². The second kappa shape index (κ2) is 6.23. The second-order valence-corrected chi connectivity index (χ2v) is 6.66. The van der Waals surface area contributed by atoms with Gasteiger partial charge in [-0.1, -0.05) is 6.07 Å². The molecule has 3 N–H and O–H groups in total. The van der Waals surface area contributed by atoms with Gasteiger partial charge >= 0.3 is 0 Å². The zero-order valence-corrected chi connectivity index (χ0v) is 12.2. The van der Waals surface area contributed by atoms with Gasteiger partial charge in [0.15, 0.2) is 0 Å². The number of carbonyl (C=O) groups excluding carboxylic acids is 1. The Labute approximate surface area is 119 Å². The predicted octanol–water partition coefficient (Wildman–Crippen LogP) is 0.324. The van der Waals surface area contributed by atoms with E-state index < -0.39 is 10.0 Å². The van der Waals surface area contributed by atoms with Gasteiger partial charge in [0.25, 0.3) is 5.91 Å². The van der Waals surface area contributed by atoms with Crippen molar-refractivity contribution in [3.63, 3.8) is 0 Å². The van der Waals surface area contributed by atoms with Crippen molar-refractivity contribution in [2.75, 3.05) is 31.2 Å². The number of benzene rings is 1. The van der Waals surface area contributed by atoms with E-state index in [1.54, 1.807) is 0 Å². The van der Waals surface area contributed by atoms with Crippen LogP contribution >= 0.6 is 0 Å². The smallest absolute Gasteiger partial charge is 0.251 e. The van der Waals surface area contributed by atoms with Crippen LogP contribution in [0, 0.1) is 0 Å². The summed E-state index contributed by atoms with van der Waals surface area (Å²) in [4.78, 5) is 11.9. The van der Waals surface area contributed by atoms with E-state index in [0.29, 0.717) is 25.1 Å². The highest BCUT2D eigenvalue weighted by molar-refractivity contribution is 7.88. The van der Waals surface area contributed by atoms with E-state index in [1.807, 2.05) is 18.2 Å². The number of nitrogens with one attached hydrogen (secondary N) is 3. The highest BCUT2D eigenvalue weighted by Gasteiger charge is 2.13. The van der Waals surface area contributed by atoms with Crippen LogP contribution in [0.15, 0.2) is 18.2 Å². The molecular formula is C13H19N3O3S. The molecule has 1 amide bonds. The molecule has 1 aromatic rings. The van der Waals surface area contributed by atoms with E-state index in [9.17, 15) is 13.2 Å². The van der Waals surface area contributed by atoms with Gasteiger partial charge in [-0.3, -0.25) is 4.79 Å². The number of fused-ring (bicyclic) bond motifs is 1. The lowest BCUT2D eigenvalue weighted by Crippen LogP contribution is -2.29. The van der Waals surface area contributed by atoms with Gasteiger partial charge in [0, 0.05) is 30.9 Å². The molecule has 0 unspecified atom stereocenters. The van der Waals surface area contributed by atoms with E-state index in [4.69, 9.17) is 0 Å². The first kappa shape index (κ1) is 14.8. The molecule has 1 heterocycles. The van der Waals surface area contributed by atoms with E-state index in [0.717, 1.165) is 24.9 Å². The molecule has 0 radical (unpaired) electrons. The molecule has 6 nitrogen and oxygen atoms in total. The van der Waals surface area contributed by atoms with Crippen LogP contribution in [0.5, 0.6) is 0 Å². The molecule has 0 saturated carbocycles. The molecule has 0 fully saturated rings. The maximum Gasteiger partial charge on any atom is 0.251 e. The molecule has 1 aliphatic rings. The van der Waals surface area contributed by atoms with Crippen molar-refractivity contribution in [3.8, 4) is 0 Å². The van der Waals surface area contributed by atoms with Gasteiger partial charge in [-0.25, -0.2) is 13.1 Å². The number of hydrogen-bond donors (Lipinski definition) is 3. The predicted molar refractivity (Wildman–Crippen MR) is 78.4 cm³/mol. The minimum atomic E-state index is -3.15. The van der Waals surface area contributed by atoms with Crippen molar-refractivity contribution in [3.05, 3.63) is 29.3 Å². The lowest BCUT2D eigenvalue weighted by molar-refractivity contribution is 0.0953. The number of anilines is 1. The highest BCUT2D eigenvalue weighted by atomic mass is 32.2. The SMILES string of the molecule is CS(=O)(=O)NCCCNC(=O)c1ccc2c(c1)NCC2. The van der Waals surface area contributed by atoms with Crippen molar-refractivity contribution < 1.29 is 13.2 Å².